The topological polar surface area (TPSA) is 71.1 Å². The third kappa shape index (κ3) is 5.24. The lowest BCUT2D eigenvalue weighted by Crippen LogP contribution is -2.14. The SMILES string of the molecule is CC(=O)Nc1ccc(-c2csc(NC(=O)c3ccccc3Cc3ccccc3)n2)cc1. The van der Waals surface area contributed by atoms with Gasteiger partial charge in [-0.25, -0.2) is 4.98 Å². The highest BCUT2D eigenvalue weighted by atomic mass is 32.1. The van der Waals surface area contributed by atoms with Crippen molar-refractivity contribution in [3.05, 3.63) is 101 Å². The van der Waals surface area contributed by atoms with Gasteiger partial charge in [0.2, 0.25) is 5.91 Å². The molecule has 0 bridgehead atoms. The Labute approximate surface area is 184 Å². The van der Waals surface area contributed by atoms with Crippen molar-refractivity contribution in [2.24, 2.45) is 0 Å². The zero-order valence-corrected chi connectivity index (χ0v) is 17.8. The number of thiazole rings is 1. The van der Waals surface area contributed by atoms with Gasteiger partial charge in [-0.05, 0) is 35.7 Å². The summed E-state index contributed by atoms with van der Waals surface area (Å²) in [5.41, 5.74) is 5.18. The largest absolute Gasteiger partial charge is 0.326 e. The predicted octanol–water partition coefficient (Wildman–Crippen LogP) is 5.61. The molecule has 0 aliphatic heterocycles. The third-order valence-electron chi connectivity index (χ3n) is 4.73. The van der Waals surface area contributed by atoms with Crippen LogP contribution < -0.4 is 10.6 Å². The van der Waals surface area contributed by atoms with E-state index in [1.165, 1.54) is 18.3 Å². The molecule has 154 valence electrons. The number of carbonyl (C=O) groups excluding carboxylic acids is 2. The summed E-state index contributed by atoms with van der Waals surface area (Å²) in [5.74, 6) is -0.285. The molecule has 0 radical (unpaired) electrons. The molecule has 2 amide bonds. The lowest BCUT2D eigenvalue weighted by Gasteiger charge is -2.09. The molecule has 1 aromatic heterocycles. The second kappa shape index (κ2) is 9.36. The standard InChI is InChI=1S/C25H21N3O2S/c1-17(29)26-21-13-11-19(12-14-21)23-16-31-25(27-23)28-24(30)22-10-6-5-9-20(22)15-18-7-3-2-4-8-18/h2-14,16H,15H2,1H3,(H,26,29)(H,27,28,30). The highest BCUT2D eigenvalue weighted by molar-refractivity contribution is 7.14. The van der Waals surface area contributed by atoms with E-state index in [0.29, 0.717) is 17.1 Å². The highest BCUT2D eigenvalue weighted by Crippen LogP contribution is 2.27. The molecule has 0 saturated heterocycles. The molecule has 4 aromatic rings. The zero-order valence-electron chi connectivity index (χ0n) is 17.0. The predicted molar refractivity (Wildman–Crippen MR) is 125 cm³/mol. The van der Waals surface area contributed by atoms with Crippen LogP contribution in [0.1, 0.15) is 28.4 Å². The van der Waals surface area contributed by atoms with Gasteiger partial charge in [-0.2, -0.15) is 0 Å². The van der Waals surface area contributed by atoms with E-state index in [9.17, 15) is 9.59 Å². The molecule has 4 rings (SSSR count). The number of hydrogen-bond donors (Lipinski definition) is 2. The van der Waals surface area contributed by atoms with Crippen LogP contribution in [0.4, 0.5) is 10.8 Å². The van der Waals surface area contributed by atoms with Crippen molar-refractivity contribution in [3.8, 4) is 11.3 Å². The van der Waals surface area contributed by atoms with E-state index < -0.39 is 0 Å². The van der Waals surface area contributed by atoms with Crippen molar-refractivity contribution in [3.63, 3.8) is 0 Å². The van der Waals surface area contributed by atoms with Gasteiger partial charge in [0.05, 0.1) is 5.69 Å². The van der Waals surface area contributed by atoms with E-state index >= 15 is 0 Å². The first-order valence-corrected chi connectivity index (χ1v) is 10.7. The van der Waals surface area contributed by atoms with Crippen LogP contribution in [-0.2, 0) is 11.2 Å². The zero-order chi connectivity index (χ0) is 21.6. The summed E-state index contributed by atoms with van der Waals surface area (Å²) < 4.78 is 0. The van der Waals surface area contributed by atoms with Crippen molar-refractivity contribution in [1.29, 1.82) is 0 Å². The molecule has 31 heavy (non-hydrogen) atoms. The number of carbonyl (C=O) groups is 2. The summed E-state index contributed by atoms with van der Waals surface area (Å²) in [5, 5.41) is 8.11. The second-order valence-corrected chi connectivity index (χ2v) is 7.93. The van der Waals surface area contributed by atoms with E-state index in [1.807, 2.05) is 72.1 Å². The third-order valence-corrected chi connectivity index (χ3v) is 5.48. The molecule has 0 atom stereocenters. The Morgan fingerprint density at radius 1 is 0.871 bits per heavy atom. The molecule has 0 spiro atoms. The highest BCUT2D eigenvalue weighted by Gasteiger charge is 2.14. The number of nitrogens with zero attached hydrogens (tertiary/aromatic N) is 1. The van der Waals surface area contributed by atoms with E-state index in [1.54, 1.807) is 0 Å². The molecule has 2 N–H and O–H groups in total. The average Bonchev–Trinajstić information content (AvgIpc) is 3.23. The van der Waals surface area contributed by atoms with Gasteiger partial charge in [0, 0.05) is 29.1 Å². The van der Waals surface area contributed by atoms with E-state index in [-0.39, 0.29) is 11.8 Å². The minimum Gasteiger partial charge on any atom is -0.326 e. The molecular formula is C25H21N3O2S. The van der Waals surface area contributed by atoms with Gasteiger partial charge in [-0.15, -0.1) is 11.3 Å². The van der Waals surface area contributed by atoms with Gasteiger partial charge in [-0.3, -0.25) is 14.9 Å². The Balaban J connectivity index is 1.48. The minimum absolute atomic E-state index is 0.112. The van der Waals surface area contributed by atoms with Crippen LogP contribution in [0.5, 0.6) is 0 Å². The lowest BCUT2D eigenvalue weighted by molar-refractivity contribution is -0.114. The number of aromatic nitrogens is 1. The summed E-state index contributed by atoms with van der Waals surface area (Å²) in [7, 11) is 0. The molecular weight excluding hydrogens is 406 g/mol. The molecule has 1 heterocycles. The van der Waals surface area contributed by atoms with Gasteiger partial charge in [0.1, 0.15) is 0 Å². The van der Waals surface area contributed by atoms with Crippen LogP contribution in [-0.4, -0.2) is 16.8 Å². The number of nitrogens with one attached hydrogen (secondary N) is 2. The molecule has 0 unspecified atom stereocenters. The Hall–Kier alpha value is -3.77. The van der Waals surface area contributed by atoms with Gasteiger partial charge in [0.25, 0.3) is 5.91 Å². The fourth-order valence-electron chi connectivity index (χ4n) is 3.27. The Morgan fingerprint density at radius 3 is 2.32 bits per heavy atom. The van der Waals surface area contributed by atoms with Crippen LogP contribution in [0, 0.1) is 0 Å². The normalized spacial score (nSPS) is 10.5. The summed E-state index contributed by atoms with van der Waals surface area (Å²) in [6, 6.07) is 25.1. The Bertz CT molecular complexity index is 1200. The molecule has 0 saturated carbocycles. The van der Waals surface area contributed by atoms with E-state index in [2.05, 4.69) is 27.8 Å². The first kappa shape index (κ1) is 20.5. The molecule has 5 nitrogen and oxygen atoms in total. The second-order valence-electron chi connectivity index (χ2n) is 7.07. The first-order chi connectivity index (χ1) is 15.1. The molecule has 0 fully saturated rings. The number of anilines is 2. The maximum Gasteiger partial charge on any atom is 0.257 e. The lowest BCUT2D eigenvalue weighted by atomic mass is 9.99. The van der Waals surface area contributed by atoms with Crippen molar-refractivity contribution < 1.29 is 9.59 Å². The van der Waals surface area contributed by atoms with Gasteiger partial charge < -0.3 is 5.32 Å². The number of rotatable bonds is 6. The molecule has 3 aromatic carbocycles. The fraction of sp³-hybridized carbons (Fsp3) is 0.0800. The van der Waals surface area contributed by atoms with Gasteiger partial charge in [0.15, 0.2) is 5.13 Å². The Kier molecular flexibility index (Phi) is 6.19. The van der Waals surface area contributed by atoms with Crippen molar-refractivity contribution in [2.75, 3.05) is 10.6 Å². The smallest absolute Gasteiger partial charge is 0.257 e. The first-order valence-electron chi connectivity index (χ1n) is 9.85. The maximum atomic E-state index is 12.9. The number of hydrogen-bond acceptors (Lipinski definition) is 4. The number of amides is 2. The quantitative estimate of drug-likeness (QED) is 0.420. The molecule has 0 aliphatic carbocycles. The van der Waals surface area contributed by atoms with Crippen LogP contribution in [0.15, 0.2) is 84.2 Å². The monoisotopic (exact) mass is 427 g/mol. The van der Waals surface area contributed by atoms with Crippen LogP contribution in [0.25, 0.3) is 11.3 Å². The van der Waals surface area contributed by atoms with Crippen molar-refractivity contribution in [1.82, 2.24) is 4.98 Å². The van der Waals surface area contributed by atoms with Crippen LogP contribution in [0.2, 0.25) is 0 Å². The summed E-state index contributed by atoms with van der Waals surface area (Å²) in [6.07, 6.45) is 0.689. The van der Waals surface area contributed by atoms with E-state index in [0.717, 1.165) is 28.1 Å². The van der Waals surface area contributed by atoms with Gasteiger partial charge in [-0.1, -0.05) is 60.7 Å². The number of benzene rings is 3. The molecule has 0 aliphatic rings. The van der Waals surface area contributed by atoms with Crippen molar-refractivity contribution in [2.45, 2.75) is 13.3 Å². The van der Waals surface area contributed by atoms with Gasteiger partial charge >= 0.3 is 0 Å². The fourth-order valence-corrected chi connectivity index (χ4v) is 3.98. The van der Waals surface area contributed by atoms with Crippen LogP contribution >= 0.6 is 11.3 Å². The van der Waals surface area contributed by atoms with Crippen LogP contribution in [0.3, 0.4) is 0 Å². The molecule has 6 heteroatoms. The maximum absolute atomic E-state index is 12.9. The summed E-state index contributed by atoms with van der Waals surface area (Å²) in [4.78, 5) is 28.6. The minimum atomic E-state index is -0.173. The summed E-state index contributed by atoms with van der Waals surface area (Å²) >= 11 is 1.38. The van der Waals surface area contributed by atoms with Crippen molar-refractivity contribution >= 4 is 34.0 Å². The Morgan fingerprint density at radius 2 is 1.58 bits per heavy atom. The summed E-state index contributed by atoms with van der Waals surface area (Å²) in [6.45, 7) is 1.47. The van der Waals surface area contributed by atoms with E-state index in [4.69, 9.17) is 0 Å². The average molecular weight is 428 g/mol.